The van der Waals surface area contributed by atoms with E-state index in [2.05, 4.69) is 6.07 Å². The summed E-state index contributed by atoms with van der Waals surface area (Å²) in [5, 5.41) is 12.3. The monoisotopic (exact) mass is 207 g/mol. The van der Waals surface area contributed by atoms with Gasteiger partial charge in [-0.1, -0.05) is 11.6 Å². The number of aryl methyl sites for hydroxylation is 1. The maximum Gasteiger partial charge on any atom is 0.101 e. The number of thiophene rings is 1. The van der Waals surface area contributed by atoms with E-state index in [0.717, 1.165) is 20.7 Å². The summed E-state index contributed by atoms with van der Waals surface area (Å²) in [5.74, 6) is 0. The summed E-state index contributed by atoms with van der Waals surface area (Å²) < 4.78 is 1.12. The standard InChI is InChI=1S/C10H6ClNS/c1-6-2-10-8(3-9(6)11)7(4-12)5-13-10/h2-3,5H,1H3. The Labute approximate surface area is 85.2 Å². The first kappa shape index (κ1) is 8.55. The topological polar surface area (TPSA) is 23.8 Å². The van der Waals surface area contributed by atoms with Crippen molar-refractivity contribution in [3.63, 3.8) is 0 Å². The highest BCUT2D eigenvalue weighted by Crippen LogP contribution is 2.30. The van der Waals surface area contributed by atoms with Crippen LogP contribution >= 0.6 is 22.9 Å². The van der Waals surface area contributed by atoms with Crippen molar-refractivity contribution in [2.75, 3.05) is 0 Å². The number of nitriles is 1. The lowest BCUT2D eigenvalue weighted by Crippen LogP contribution is -1.75. The van der Waals surface area contributed by atoms with Crippen molar-refractivity contribution in [3.05, 3.63) is 33.7 Å². The van der Waals surface area contributed by atoms with Crippen molar-refractivity contribution in [2.24, 2.45) is 0 Å². The van der Waals surface area contributed by atoms with Gasteiger partial charge in [-0.15, -0.1) is 11.3 Å². The molecule has 0 bridgehead atoms. The van der Waals surface area contributed by atoms with Crippen LogP contribution in [0.4, 0.5) is 0 Å². The molecule has 1 nitrogen and oxygen atoms in total. The van der Waals surface area contributed by atoms with E-state index >= 15 is 0 Å². The average Bonchev–Trinajstić information content (AvgIpc) is 2.48. The Morgan fingerprint density at radius 1 is 1.46 bits per heavy atom. The minimum absolute atomic E-state index is 0.710. The van der Waals surface area contributed by atoms with Crippen LogP contribution in [0.1, 0.15) is 11.1 Å². The fraction of sp³-hybridized carbons (Fsp3) is 0.100. The minimum Gasteiger partial charge on any atom is -0.192 e. The lowest BCUT2D eigenvalue weighted by atomic mass is 10.1. The Morgan fingerprint density at radius 3 is 2.92 bits per heavy atom. The van der Waals surface area contributed by atoms with Gasteiger partial charge in [0.1, 0.15) is 6.07 Å². The van der Waals surface area contributed by atoms with Gasteiger partial charge >= 0.3 is 0 Å². The molecule has 0 aliphatic rings. The van der Waals surface area contributed by atoms with Crippen molar-refractivity contribution in [2.45, 2.75) is 6.92 Å². The van der Waals surface area contributed by atoms with Gasteiger partial charge < -0.3 is 0 Å². The van der Waals surface area contributed by atoms with Crippen molar-refractivity contribution in [1.82, 2.24) is 0 Å². The molecule has 2 rings (SSSR count). The molecule has 0 radical (unpaired) electrons. The first-order chi connectivity index (χ1) is 6.22. The van der Waals surface area contributed by atoms with Crippen LogP contribution in [0.2, 0.25) is 5.02 Å². The van der Waals surface area contributed by atoms with Gasteiger partial charge in [0.2, 0.25) is 0 Å². The molecule has 0 unspecified atom stereocenters. The number of fused-ring (bicyclic) bond motifs is 1. The zero-order chi connectivity index (χ0) is 9.42. The minimum atomic E-state index is 0.710. The number of benzene rings is 1. The molecule has 1 heterocycles. The Morgan fingerprint density at radius 2 is 2.23 bits per heavy atom. The fourth-order valence-electron chi connectivity index (χ4n) is 1.24. The van der Waals surface area contributed by atoms with Crippen LogP contribution in [0.3, 0.4) is 0 Å². The SMILES string of the molecule is Cc1cc2scc(C#N)c2cc1Cl. The number of hydrogen-bond acceptors (Lipinski definition) is 2. The Hall–Kier alpha value is -1.04. The highest BCUT2D eigenvalue weighted by molar-refractivity contribution is 7.17. The fourth-order valence-corrected chi connectivity index (χ4v) is 2.36. The zero-order valence-electron chi connectivity index (χ0n) is 6.97. The number of rotatable bonds is 0. The van der Waals surface area contributed by atoms with E-state index in [0.29, 0.717) is 5.56 Å². The quantitative estimate of drug-likeness (QED) is 0.646. The number of halogens is 1. The van der Waals surface area contributed by atoms with Gasteiger partial charge in [-0.3, -0.25) is 0 Å². The van der Waals surface area contributed by atoms with Gasteiger partial charge in [0.15, 0.2) is 0 Å². The van der Waals surface area contributed by atoms with Gasteiger partial charge in [-0.05, 0) is 24.6 Å². The van der Waals surface area contributed by atoms with Crippen molar-refractivity contribution < 1.29 is 0 Å². The maximum atomic E-state index is 8.80. The van der Waals surface area contributed by atoms with Crippen LogP contribution in [0, 0.1) is 18.3 Å². The summed E-state index contributed by atoms with van der Waals surface area (Å²) in [5.41, 5.74) is 1.77. The summed E-state index contributed by atoms with van der Waals surface area (Å²) in [6.07, 6.45) is 0. The van der Waals surface area contributed by atoms with Crippen LogP contribution in [-0.4, -0.2) is 0 Å². The molecule has 0 fully saturated rings. The van der Waals surface area contributed by atoms with E-state index in [9.17, 15) is 0 Å². The van der Waals surface area contributed by atoms with E-state index in [1.54, 1.807) is 11.3 Å². The predicted octanol–water partition coefficient (Wildman–Crippen LogP) is 3.73. The molecule has 2 aromatic rings. The Kier molecular flexibility index (Phi) is 1.99. The number of hydrogen-bond donors (Lipinski definition) is 0. The first-order valence-corrected chi connectivity index (χ1v) is 5.05. The van der Waals surface area contributed by atoms with Gasteiger partial charge in [-0.25, -0.2) is 0 Å². The Bertz CT molecular complexity index is 507. The van der Waals surface area contributed by atoms with E-state index in [-0.39, 0.29) is 0 Å². The molecule has 13 heavy (non-hydrogen) atoms. The van der Waals surface area contributed by atoms with Crippen LogP contribution in [0.15, 0.2) is 17.5 Å². The molecule has 0 amide bonds. The Balaban J connectivity index is 2.86. The first-order valence-electron chi connectivity index (χ1n) is 3.80. The number of nitrogens with zero attached hydrogens (tertiary/aromatic N) is 1. The van der Waals surface area contributed by atoms with Crippen LogP contribution in [0.25, 0.3) is 10.1 Å². The molecule has 0 aliphatic carbocycles. The van der Waals surface area contributed by atoms with Gasteiger partial charge in [-0.2, -0.15) is 5.26 Å². The molecular weight excluding hydrogens is 202 g/mol. The molecule has 3 heteroatoms. The van der Waals surface area contributed by atoms with Crippen LogP contribution in [0.5, 0.6) is 0 Å². The summed E-state index contributed by atoms with van der Waals surface area (Å²) in [4.78, 5) is 0. The second kappa shape index (κ2) is 3.02. The molecular formula is C10H6ClNS. The third kappa shape index (κ3) is 1.31. The molecule has 0 aliphatic heterocycles. The summed E-state index contributed by atoms with van der Waals surface area (Å²) in [6, 6.07) is 6.03. The molecule has 0 atom stereocenters. The van der Waals surface area contributed by atoms with Crippen molar-refractivity contribution >= 4 is 33.0 Å². The highest BCUT2D eigenvalue weighted by Gasteiger charge is 2.05. The van der Waals surface area contributed by atoms with Crippen molar-refractivity contribution in [1.29, 1.82) is 5.26 Å². The third-order valence-corrected chi connectivity index (χ3v) is 3.33. The molecule has 0 saturated carbocycles. The van der Waals surface area contributed by atoms with E-state index < -0.39 is 0 Å². The third-order valence-electron chi connectivity index (χ3n) is 1.98. The maximum absolute atomic E-state index is 8.80. The molecule has 1 aromatic carbocycles. The second-order valence-corrected chi connectivity index (χ2v) is 4.18. The molecule has 0 spiro atoms. The van der Waals surface area contributed by atoms with E-state index in [4.69, 9.17) is 16.9 Å². The highest BCUT2D eigenvalue weighted by atomic mass is 35.5. The summed E-state index contributed by atoms with van der Waals surface area (Å²) in [6.45, 7) is 1.97. The van der Waals surface area contributed by atoms with E-state index in [1.807, 2.05) is 24.4 Å². The second-order valence-electron chi connectivity index (χ2n) is 2.86. The van der Waals surface area contributed by atoms with Crippen LogP contribution in [-0.2, 0) is 0 Å². The average molecular weight is 208 g/mol. The predicted molar refractivity (Wildman–Crippen MR) is 56.3 cm³/mol. The van der Waals surface area contributed by atoms with E-state index in [1.165, 1.54) is 0 Å². The lowest BCUT2D eigenvalue weighted by Gasteiger charge is -1.96. The van der Waals surface area contributed by atoms with Gasteiger partial charge in [0.05, 0.1) is 5.56 Å². The smallest absolute Gasteiger partial charge is 0.101 e. The molecule has 0 saturated heterocycles. The normalized spacial score (nSPS) is 10.2. The lowest BCUT2D eigenvalue weighted by molar-refractivity contribution is 1.50. The summed E-state index contributed by atoms with van der Waals surface area (Å²) >= 11 is 7.55. The van der Waals surface area contributed by atoms with Gasteiger partial charge in [0, 0.05) is 20.5 Å². The molecule has 64 valence electrons. The summed E-state index contributed by atoms with van der Waals surface area (Å²) in [7, 11) is 0. The van der Waals surface area contributed by atoms with Crippen LogP contribution < -0.4 is 0 Å². The zero-order valence-corrected chi connectivity index (χ0v) is 8.54. The van der Waals surface area contributed by atoms with Crippen molar-refractivity contribution in [3.8, 4) is 6.07 Å². The molecule has 0 N–H and O–H groups in total. The molecule has 1 aromatic heterocycles. The largest absolute Gasteiger partial charge is 0.192 e. The van der Waals surface area contributed by atoms with Gasteiger partial charge in [0.25, 0.3) is 0 Å².